The number of hydrogen-bond acceptors (Lipinski definition) is 7. The Bertz CT molecular complexity index is 2400. The number of rotatable bonds is 11. The van der Waals surface area contributed by atoms with Crippen LogP contribution >= 0.6 is 23.2 Å². The third kappa shape index (κ3) is 9.93. The van der Waals surface area contributed by atoms with Crippen molar-refractivity contribution in [1.82, 2.24) is 9.97 Å². The summed E-state index contributed by atoms with van der Waals surface area (Å²) in [6, 6.07) is 25.4. The predicted molar refractivity (Wildman–Crippen MR) is 228 cm³/mol. The molecule has 2 heterocycles. The van der Waals surface area contributed by atoms with Crippen molar-refractivity contribution < 1.29 is 23.8 Å². The monoisotopic (exact) mass is 804 g/mol. The summed E-state index contributed by atoms with van der Waals surface area (Å²) in [5, 5.41) is 1.08. The molecular formula is C47H46Cl2N2O6. The largest absolute Gasteiger partial charge is 0.472 e. The second-order valence-electron chi connectivity index (χ2n) is 14.0. The molecule has 57 heavy (non-hydrogen) atoms. The van der Waals surface area contributed by atoms with Crippen LogP contribution in [-0.4, -0.2) is 35.1 Å². The minimum atomic E-state index is -0.317. The van der Waals surface area contributed by atoms with E-state index in [1.807, 2.05) is 87.5 Å². The van der Waals surface area contributed by atoms with Crippen LogP contribution in [0.15, 0.2) is 96.1 Å². The summed E-state index contributed by atoms with van der Waals surface area (Å²) in [5.41, 5.74) is 11.9. The number of ether oxygens (including phenoxy) is 3. The van der Waals surface area contributed by atoms with Crippen LogP contribution < -0.4 is 10.3 Å². The first kappa shape index (κ1) is 41.2. The molecule has 0 saturated carbocycles. The average molecular weight is 806 g/mol. The van der Waals surface area contributed by atoms with Crippen molar-refractivity contribution in [1.29, 1.82) is 0 Å². The molecule has 0 fully saturated rings. The Kier molecular flexibility index (Phi) is 13.8. The van der Waals surface area contributed by atoms with Crippen LogP contribution in [0.1, 0.15) is 112 Å². The summed E-state index contributed by atoms with van der Waals surface area (Å²) < 4.78 is 16.5. The molecule has 0 spiro atoms. The summed E-state index contributed by atoms with van der Waals surface area (Å²) >= 11 is 12.4. The number of allylic oxidation sites excluding steroid dienone is 4. The van der Waals surface area contributed by atoms with Gasteiger partial charge in [-0.3, -0.25) is 4.79 Å². The molecule has 0 bridgehead atoms. The molecule has 10 heteroatoms. The van der Waals surface area contributed by atoms with E-state index in [0.29, 0.717) is 52.4 Å². The third-order valence-corrected chi connectivity index (χ3v) is 10.6. The smallest absolute Gasteiger partial charge is 0.338 e. The zero-order valence-corrected chi connectivity index (χ0v) is 34.2. The summed E-state index contributed by atoms with van der Waals surface area (Å²) in [6.07, 6.45) is 8.62. The molecule has 294 valence electrons. The zero-order valence-electron chi connectivity index (χ0n) is 32.7. The standard InChI is InChI=1S/C27H26ClNO3.C20H20ClNO3/c1-3-31-27(30)24-14-20(13-12-18(24)2)22-10-7-11-23(22)25-15-21(28)16-29-26(25)32-17-19-8-5-4-6-9-19;1-3-25-20(24)17-9-13(8-7-12(17)2)15-5-4-6-16(15)18-10-14(21)11-22-19(18)23/h4-6,8-9,12-16H,3,7,10-11,17H2,1-2H3;7-11H,3-6H2,1-2H3,(H,22,23). The molecule has 3 aromatic carbocycles. The number of aromatic amines is 1. The lowest BCUT2D eigenvalue weighted by atomic mass is 9.95. The van der Waals surface area contributed by atoms with E-state index in [4.69, 9.17) is 37.4 Å². The number of pyridine rings is 2. The second kappa shape index (κ2) is 19.1. The van der Waals surface area contributed by atoms with Crippen LogP contribution in [0.2, 0.25) is 10.0 Å². The van der Waals surface area contributed by atoms with Gasteiger partial charge < -0.3 is 19.2 Å². The van der Waals surface area contributed by atoms with Crippen LogP contribution in [0.25, 0.3) is 22.3 Å². The van der Waals surface area contributed by atoms with Crippen LogP contribution in [0.4, 0.5) is 0 Å². The highest BCUT2D eigenvalue weighted by molar-refractivity contribution is 6.31. The average Bonchev–Trinajstić information content (AvgIpc) is 3.91. The number of H-pyrrole nitrogens is 1. The number of nitrogens with zero attached hydrogens (tertiary/aromatic N) is 1. The molecule has 5 aromatic rings. The van der Waals surface area contributed by atoms with Gasteiger partial charge in [-0.25, -0.2) is 14.6 Å². The van der Waals surface area contributed by atoms with Crippen molar-refractivity contribution >= 4 is 57.4 Å². The first-order chi connectivity index (χ1) is 27.6. The SMILES string of the molecule is CCOC(=O)c1cc(C2=C(c3cc(Cl)c[nH]c3=O)CCC2)ccc1C.CCOC(=O)c1cc(C2=C(c3cc(Cl)cnc3OCc3ccccc3)CCC2)ccc1C. The zero-order chi connectivity index (χ0) is 40.5. The maximum Gasteiger partial charge on any atom is 0.338 e. The number of hydrogen-bond donors (Lipinski definition) is 1. The minimum absolute atomic E-state index is 0.142. The number of halogens is 2. The van der Waals surface area contributed by atoms with E-state index in [2.05, 4.69) is 16.0 Å². The minimum Gasteiger partial charge on any atom is -0.472 e. The molecule has 7 rings (SSSR count). The topological polar surface area (TPSA) is 108 Å². The number of aryl methyl sites for hydroxylation is 2. The van der Waals surface area contributed by atoms with Gasteiger partial charge in [0.15, 0.2) is 0 Å². The molecule has 8 nitrogen and oxygen atoms in total. The lowest BCUT2D eigenvalue weighted by Crippen LogP contribution is -2.11. The highest BCUT2D eigenvalue weighted by atomic mass is 35.5. The summed E-state index contributed by atoms with van der Waals surface area (Å²) in [7, 11) is 0. The van der Waals surface area contributed by atoms with Crippen LogP contribution in [-0.2, 0) is 16.1 Å². The van der Waals surface area contributed by atoms with Crippen molar-refractivity contribution in [3.05, 3.63) is 162 Å². The highest BCUT2D eigenvalue weighted by Gasteiger charge is 2.24. The number of aromatic nitrogens is 2. The van der Waals surface area contributed by atoms with Gasteiger partial charge in [0.1, 0.15) is 6.61 Å². The maximum absolute atomic E-state index is 12.4. The summed E-state index contributed by atoms with van der Waals surface area (Å²) in [5.74, 6) is -0.0312. The molecular weight excluding hydrogens is 759 g/mol. The molecule has 0 radical (unpaired) electrons. The number of benzene rings is 3. The molecule has 1 N–H and O–H groups in total. The molecule has 0 unspecified atom stereocenters. The Labute approximate surface area is 343 Å². The summed E-state index contributed by atoms with van der Waals surface area (Å²) in [4.78, 5) is 44.0. The molecule has 0 saturated heterocycles. The van der Waals surface area contributed by atoms with Gasteiger partial charge in [0.2, 0.25) is 5.88 Å². The molecule has 2 aliphatic rings. The number of esters is 2. The van der Waals surface area contributed by atoms with Crippen LogP contribution in [0.3, 0.4) is 0 Å². The van der Waals surface area contributed by atoms with Gasteiger partial charge in [-0.2, -0.15) is 0 Å². The number of carbonyl (C=O) groups is 2. The van der Waals surface area contributed by atoms with Gasteiger partial charge in [0.25, 0.3) is 5.56 Å². The van der Waals surface area contributed by atoms with E-state index in [1.165, 1.54) is 17.3 Å². The molecule has 2 aliphatic carbocycles. The molecule has 0 amide bonds. The van der Waals surface area contributed by atoms with Crippen LogP contribution in [0.5, 0.6) is 5.88 Å². The lowest BCUT2D eigenvalue weighted by Gasteiger charge is -2.15. The molecule has 0 aliphatic heterocycles. The second-order valence-corrected chi connectivity index (χ2v) is 14.8. The van der Waals surface area contributed by atoms with E-state index in [9.17, 15) is 14.4 Å². The number of carbonyl (C=O) groups excluding carboxylic acids is 2. The maximum atomic E-state index is 12.4. The fourth-order valence-corrected chi connectivity index (χ4v) is 7.68. The predicted octanol–water partition coefficient (Wildman–Crippen LogP) is 11.5. The molecule has 2 aromatic heterocycles. The van der Waals surface area contributed by atoms with Crippen molar-refractivity contribution in [2.24, 2.45) is 0 Å². The van der Waals surface area contributed by atoms with E-state index in [-0.39, 0.29) is 17.5 Å². The first-order valence-corrected chi connectivity index (χ1v) is 20.0. The first-order valence-electron chi connectivity index (χ1n) is 19.3. The Balaban J connectivity index is 0.000000199. The summed E-state index contributed by atoms with van der Waals surface area (Å²) in [6.45, 7) is 8.56. The van der Waals surface area contributed by atoms with Gasteiger partial charge in [-0.1, -0.05) is 77.8 Å². The quantitative estimate of drug-likeness (QED) is 0.132. The van der Waals surface area contributed by atoms with E-state index in [1.54, 1.807) is 19.2 Å². The van der Waals surface area contributed by atoms with Gasteiger partial charge in [0, 0.05) is 23.5 Å². The Morgan fingerprint density at radius 1 is 0.684 bits per heavy atom. The van der Waals surface area contributed by atoms with Gasteiger partial charge in [-0.15, -0.1) is 0 Å². The van der Waals surface area contributed by atoms with E-state index < -0.39 is 0 Å². The lowest BCUT2D eigenvalue weighted by molar-refractivity contribution is 0.0515. The number of nitrogens with one attached hydrogen (secondary N) is 1. The van der Waals surface area contributed by atoms with Crippen molar-refractivity contribution in [3.8, 4) is 5.88 Å². The van der Waals surface area contributed by atoms with E-state index in [0.717, 1.165) is 83.1 Å². The van der Waals surface area contributed by atoms with Gasteiger partial charge >= 0.3 is 11.9 Å². The van der Waals surface area contributed by atoms with Gasteiger partial charge in [-0.05, 0) is 141 Å². The van der Waals surface area contributed by atoms with Crippen molar-refractivity contribution in [3.63, 3.8) is 0 Å². The Morgan fingerprint density at radius 3 is 1.77 bits per heavy atom. The Hall–Kier alpha value is -5.44. The van der Waals surface area contributed by atoms with Crippen molar-refractivity contribution in [2.75, 3.05) is 13.2 Å². The highest BCUT2D eigenvalue weighted by Crippen LogP contribution is 2.44. The van der Waals surface area contributed by atoms with Crippen molar-refractivity contribution in [2.45, 2.75) is 72.8 Å². The fourth-order valence-electron chi connectivity index (χ4n) is 7.36. The normalized spacial score (nSPS) is 13.6. The molecule has 0 atom stereocenters. The Morgan fingerprint density at radius 2 is 1.21 bits per heavy atom. The third-order valence-electron chi connectivity index (χ3n) is 10.2. The van der Waals surface area contributed by atoms with E-state index >= 15 is 0 Å². The van der Waals surface area contributed by atoms with Gasteiger partial charge in [0.05, 0.1) is 34.4 Å². The fraction of sp³-hybridized carbons (Fsp3) is 0.277. The van der Waals surface area contributed by atoms with Crippen LogP contribution in [0, 0.1) is 13.8 Å².